The number of amides is 2. The van der Waals surface area contributed by atoms with Gasteiger partial charge >= 0.3 is 6.03 Å². The molecular weight excluding hydrogens is 128 g/mol. The van der Waals surface area contributed by atoms with Gasteiger partial charge in [-0.05, 0) is 12.8 Å². The van der Waals surface area contributed by atoms with Crippen molar-refractivity contribution in [2.24, 2.45) is 0 Å². The van der Waals surface area contributed by atoms with Crippen molar-refractivity contribution in [1.82, 2.24) is 9.80 Å². The summed E-state index contributed by atoms with van der Waals surface area (Å²) in [6, 6.07) is 0.0949. The summed E-state index contributed by atoms with van der Waals surface area (Å²) in [7, 11) is 3.54. The molecular formula is C7H13N2O. The van der Waals surface area contributed by atoms with Crippen LogP contribution in [0.25, 0.3) is 0 Å². The molecule has 0 spiro atoms. The summed E-state index contributed by atoms with van der Waals surface area (Å²) in [5.74, 6) is 0. The average Bonchev–Trinajstić information content (AvgIpc) is 2.36. The Morgan fingerprint density at radius 3 is 2.70 bits per heavy atom. The molecule has 0 aromatic rings. The standard InChI is InChI=1S/C7H13N2O/c1-8(2)7(10)9-5-3-4-6-9/h5H,3-4,6H2,1-2H3. The van der Waals surface area contributed by atoms with Crippen LogP contribution in [0.4, 0.5) is 4.79 Å². The molecule has 0 bridgehead atoms. The van der Waals surface area contributed by atoms with Crippen molar-refractivity contribution in [3.63, 3.8) is 0 Å². The molecule has 1 fully saturated rings. The van der Waals surface area contributed by atoms with Gasteiger partial charge in [-0.25, -0.2) is 4.79 Å². The van der Waals surface area contributed by atoms with Gasteiger partial charge in [0.1, 0.15) is 0 Å². The van der Waals surface area contributed by atoms with Crippen molar-refractivity contribution in [1.29, 1.82) is 0 Å². The highest BCUT2D eigenvalue weighted by molar-refractivity contribution is 5.74. The minimum absolute atomic E-state index is 0.0949. The molecule has 0 N–H and O–H groups in total. The Hall–Kier alpha value is -0.730. The fraction of sp³-hybridized carbons (Fsp3) is 0.714. The average molecular weight is 141 g/mol. The van der Waals surface area contributed by atoms with Crippen molar-refractivity contribution in [2.75, 3.05) is 20.6 Å². The van der Waals surface area contributed by atoms with Gasteiger partial charge in [0.2, 0.25) is 0 Å². The molecule has 1 aliphatic rings. The van der Waals surface area contributed by atoms with E-state index in [1.807, 2.05) is 6.54 Å². The van der Waals surface area contributed by atoms with Crippen LogP contribution >= 0.6 is 0 Å². The fourth-order valence-corrected chi connectivity index (χ4v) is 1.03. The molecule has 3 nitrogen and oxygen atoms in total. The largest absolute Gasteiger partial charge is 0.331 e. The number of rotatable bonds is 0. The number of carbonyl (C=O) groups excluding carboxylic acids is 1. The molecule has 1 aliphatic heterocycles. The highest BCUT2D eigenvalue weighted by Gasteiger charge is 2.18. The van der Waals surface area contributed by atoms with Crippen molar-refractivity contribution in [3.8, 4) is 0 Å². The van der Waals surface area contributed by atoms with Crippen molar-refractivity contribution >= 4 is 6.03 Å². The third-order valence-corrected chi connectivity index (χ3v) is 1.58. The number of likely N-dealkylation sites (tertiary alicyclic amines) is 1. The number of nitrogens with zero attached hydrogens (tertiary/aromatic N) is 2. The summed E-state index contributed by atoms with van der Waals surface area (Å²) in [4.78, 5) is 14.5. The first-order chi connectivity index (χ1) is 4.72. The van der Waals surface area contributed by atoms with Gasteiger partial charge in [0.25, 0.3) is 0 Å². The van der Waals surface area contributed by atoms with Gasteiger partial charge in [-0.2, -0.15) is 0 Å². The SMILES string of the molecule is CN(C)C(=O)N1[CH]CCC1. The fourth-order valence-electron chi connectivity index (χ4n) is 1.03. The van der Waals surface area contributed by atoms with Crippen molar-refractivity contribution in [2.45, 2.75) is 12.8 Å². The summed E-state index contributed by atoms with van der Waals surface area (Å²) in [6.45, 7) is 2.85. The zero-order valence-electron chi connectivity index (χ0n) is 6.50. The lowest BCUT2D eigenvalue weighted by Gasteiger charge is -2.19. The van der Waals surface area contributed by atoms with Crippen molar-refractivity contribution in [3.05, 3.63) is 6.54 Å². The zero-order chi connectivity index (χ0) is 7.56. The first-order valence-corrected chi connectivity index (χ1v) is 3.53. The summed E-state index contributed by atoms with van der Waals surface area (Å²) in [5.41, 5.74) is 0. The van der Waals surface area contributed by atoms with Gasteiger partial charge in [-0.1, -0.05) is 0 Å². The lowest BCUT2D eigenvalue weighted by atomic mass is 10.4. The van der Waals surface area contributed by atoms with E-state index >= 15 is 0 Å². The number of hydrogen-bond donors (Lipinski definition) is 0. The van der Waals surface area contributed by atoms with Gasteiger partial charge in [-0.3, -0.25) is 0 Å². The molecule has 3 heteroatoms. The lowest BCUT2D eigenvalue weighted by molar-refractivity contribution is 0.189. The smallest absolute Gasteiger partial charge is 0.319 e. The van der Waals surface area contributed by atoms with E-state index in [4.69, 9.17) is 0 Å². The molecule has 1 radical (unpaired) electrons. The highest BCUT2D eigenvalue weighted by Crippen LogP contribution is 2.12. The Morgan fingerprint density at radius 1 is 1.60 bits per heavy atom. The van der Waals surface area contributed by atoms with Crippen LogP contribution in [-0.4, -0.2) is 36.5 Å². The molecule has 0 aliphatic carbocycles. The second-order valence-electron chi connectivity index (χ2n) is 2.70. The van der Waals surface area contributed by atoms with Gasteiger partial charge in [0.15, 0.2) is 0 Å². The molecule has 1 rings (SSSR count). The van der Waals surface area contributed by atoms with Crippen LogP contribution in [0.5, 0.6) is 0 Å². The molecule has 0 unspecified atom stereocenters. The normalized spacial score (nSPS) is 17.6. The Bertz CT molecular complexity index is 128. The lowest BCUT2D eigenvalue weighted by Crippen LogP contribution is -2.35. The Labute approximate surface area is 61.6 Å². The van der Waals surface area contributed by atoms with Gasteiger partial charge < -0.3 is 9.80 Å². The highest BCUT2D eigenvalue weighted by atomic mass is 16.2. The quantitative estimate of drug-likeness (QED) is 0.492. The molecule has 57 valence electrons. The van der Waals surface area contributed by atoms with E-state index in [0.717, 1.165) is 19.4 Å². The topological polar surface area (TPSA) is 23.6 Å². The van der Waals surface area contributed by atoms with Crippen LogP contribution in [0.3, 0.4) is 0 Å². The Morgan fingerprint density at radius 2 is 2.30 bits per heavy atom. The number of hydrogen-bond acceptors (Lipinski definition) is 1. The third-order valence-electron chi connectivity index (χ3n) is 1.58. The summed E-state index contributed by atoms with van der Waals surface area (Å²) in [5, 5.41) is 0. The van der Waals surface area contributed by atoms with E-state index in [-0.39, 0.29) is 6.03 Å². The maximum absolute atomic E-state index is 11.2. The minimum atomic E-state index is 0.0949. The van der Waals surface area contributed by atoms with E-state index in [2.05, 4.69) is 0 Å². The van der Waals surface area contributed by atoms with Crippen LogP contribution in [0.1, 0.15) is 12.8 Å². The van der Waals surface area contributed by atoms with Crippen LogP contribution in [0.2, 0.25) is 0 Å². The van der Waals surface area contributed by atoms with E-state index in [9.17, 15) is 4.79 Å². The van der Waals surface area contributed by atoms with Gasteiger partial charge in [-0.15, -0.1) is 0 Å². The minimum Gasteiger partial charge on any atom is -0.331 e. The summed E-state index contributed by atoms with van der Waals surface area (Å²) >= 11 is 0. The second-order valence-corrected chi connectivity index (χ2v) is 2.70. The number of urea groups is 1. The molecule has 1 saturated heterocycles. The maximum Gasteiger partial charge on any atom is 0.319 e. The van der Waals surface area contributed by atoms with E-state index in [0.29, 0.717) is 0 Å². The summed E-state index contributed by atoms with van der Waals surface area (Å²) < 4.78 is 0. The monoisotopic (exact) mass is 141 g/mol. The zero-order valence-corrected chi connectivity index (χ0v) is 6.50. The van der Waals surface area contributed by atoms with Crippen LogP contribution in [0.15, 0.2) is 0 Å². The summed E-state index contributed by atoms with van der Waals surface area (Å²) in [6.07, 6.45) is 2.15. The first kappa shape index (κ1) is 7.38. The molecule has 1 heterocycles. The third kappa shape index (κ3) is 1.40. The Kier molecular flexibility index (Phi) is 2.14. The predicted octanol–water partition coefficient (Wildman–Crippen LogP) is 0.926. The van der Waals surface area contributed by atoms with Crippen LogP contribution < -0.4 is 0 Å². The van der Waals surface area contributed by atoms with E-state index < -0.39 is 0 Å². The van der Waals surface area contributed by atoms with Crippen molar-refractivity contribution < 1.29 is 4.79 Å². The van der Waals surface area contributed by atoms with Crippen LogP contribution in [-0.2, 0) is 0 Å². The molecule has 0 aromatic heterocycles. The predicted molar refractivity (Wildman–Crippen MR) is 39.3 cm³/mol. The molecule has 0 saturated carbocycles. The first-order valence-electron chi connectivity index (χ1n) is 3.53. The molecule has 0 atom stereocenters. The maximum atomic E-state index is 11.2. The van der Waals surface area contributed by atoms with E-state index in [1.165, 1.54) is 0 Å². The molecule has 2 amide bonds. The number of carbonyl (C=O) groups is 1. The van der Waals surface area contributed by atoms with Gasteiger partial charge in [0, 0.05) is 20.6 Å². The second kappa shape index (κ2) is 2.90. The van der Waals surface area contributed by atoms with Gasteiger partial charge in [0.05, 0.1) is 6.54 Å². The van der Waals surface area contributed by atoms with Crippen LogP contribution in [0, 0.1) is 6.54 Å². The molecule has 0 aromatic carbocycles. The Balaban J connectivity index is 2.40. The molecule has 10 heavy (non-hydrogen) atoms. The van der Waals surface area contributed by atoms with E-state index in [1.54, 1.807) is 23.9 Å².